The van der Waals surface area contributed by atoms with Crippen LogP contribution in [0.15, 0.2) is 65.8 Å². The first-order valence-electron chi connectivity index (χ1n) is 7.00. The van der Waals surface area contributed by atoms with Gasteiger partial charge >= 0.3 is 0 Å². The van der Waals surface area contributed by atoms with Crippen LogP contribution in [0.4, 0.5) is 0 Å². The molecule has 0 unspecified atom stereocenters. The van der Waals surface area contributed by atoms with Crippen LogP contribution in [0.3, 0.4) is 0 Å². The summed E-state index contributed by atoms with van der Waals surface area (Å²) in [7, 11) is -1.22. The zero-order valence-corrected chi connectivity index (χ0v) is 13.3. The number of rotatable bonds is 6. The van der Waals surface area contributed by atoms with E-state index in [9.17, 15) is 4.57 Å². The van der Waals surface area contributed by atoms with Gasteiger partial charge in [0, 0.05) is 10.6 Å². The molecule has 4 heteroatoms. The van der Waals surface area contributed by atoms with E-state index in [2.05, 4.69) is 5.16 Å². The summed E-state index contributed by atoms with van der Waals surface area (Å²) in [6, 6.07) is 19.2. The molecule has 21 heavy (non-hydrogen) atoms. The molecule has 0 fully saturated rings. The maximum absolute atomic E-state index is 13.7. The molecule has 0 amide bonds. The van der Waals surface area contributed by atoms with Crippen molar-refractivity contribution in [3.8, 4) is 0 Å². The van der Waals surface area contributed by atoms with Crippen molar-refractivity contribution in [1.29, 1.82) is 0 Å². The SMILES string of the molecule is CC/C(CP(=O)(c1ccccc1)c1ccccc1)=N\OC. The molecule has 2 aromatic rings. The fourth-order valence-electron chi connectivity index (χ4n) is 2.26. The summed E-state index contributed by atoms with van der Waals surface area (Å²) in [5.74, 6) is 0. The summed E-state index contributed by atoms with van der Waals surface area (Å²) in [5, 5.41) is 5.73. The molecule has 0 radical (unpaired) electrons. The van der Waals surface area contributed by atoms with Crippen molar-refractivity contribution in [3.05, 3.63) is 60.7 Å². The van der Waals surface area contributed by atoms with Gasteiger partial charge in [-0.25, -0.2) is 0 Å². The molecule has 0 N–H and O–H groups in total. The van der Waals surface area contributed by atoms with Crippen LogP contribution in [0, 0.1) is 0 Å². The molecule has 0 aliphatic heterocycles. The van der Waals surface area contributed by atoms with Gasteiger partial charge < -0.3 is 9.40 Å². The maximum Gasteiger partial charge on any atom is 0.148 e. The normalized spacial score (nSPS) is 12.2. The summed E-state index contributed by atoms with van der Waals surface area (Å²) in [6.45, 7) is 2.00. The highest BCUT2D eigenvalue weighted by molar-refractivity contribution is 7.79. The van der Waals surface area contributed by atoms with E-state index in [1.54, 1.807) is 0 Å². The predicted octanol–water partition coefficient (Wildman–Crippen LogP) is 3.41. The van der Waals surface area contributed by atoms with E-state index in [0.717, 1.165) is 22.7 Å². The highest BCUT2D eigenvalue weighted by atomic mass is 31.2. The number of hydrogen-bond acceptors (Lipinski definition) is 3. The summed E-state index contributed by atoms with van der Waals surface area (Å²) in [4.78, 5) is 4.88. The minimum atomic E-state index is -2.74. The van der Waals surface area contributed by atoms with E-state index < -0.39 is 7.14 Å². The standard InChI is InChI=1S/C17H20NO2P/c1-3-15(18-20-2)14-21(19,16-10-6-4-7-11-16)17-12-8-5-9-13-17/h4-13H,3,14H2,1-2H3/b18-15+. The minimum absolute atomic E-state index is 0.408. The van der Waals surface area contributed by atoms with Crippen LogP contribution in [0.1, 0.15) is 13.3 Å². The third-order valence-corrected chi connectivity index (χ3v) is 6.46. The summed E-state index contributed by atoms with van der Waals surface area (Å²) in [5.41, 5.74) is 0.813. The number of oxime groups is 1. The van der Waals surface area contributed by atoms with Gasteiger partial charge in [0.05, 0.1) is 11.9 Å². The van der Waals surface area contributed by atoms with Crippen LogP contribution in [0.5, 0.6) is 0 Å². The minimum Gasteiger partial charge on any atom is -0.399 e. The largest absolute Gasteiger partial charge is 0.399 e. The summed E-state index contributed by atoms with van der Waals surface area (Å²) in [6.07, 6.45) is 1.13. The first-order valence-corrected chi connectivity index (χ1v) is 8.89. The van der Waals surface area contributed by atoms with E-state index in [1.165, 1.54) is 7.11 Å². The quantitative estimate of drug-likeness (QED) is 0.466. The molecule has 0 aliphatic rings. The Hall–Kier alpha value is -1.86. The van der Waals surface area contributed by atoms with Crippen LogP contribution in [-0.4, -0.2) is 19.0 Å². The second-order valence-electron chi connectivity index (χ2n) is 4.76. The number of benzene rings is 2. The van der Waals surface area contributed by atoms with Crippen molar-refractivity contribution in [2.45, 2.75) is 13.3 Å². The summed E-state index contributed by atoms with van der Waals surface area (Å²) >= 11 is 0. The zero-order valence-electron chi connectivity index (χ0n) is 12.4. The Kier molecular flexibility index (Phi) is 5.35. The third-order valence-electron chi connectivity index (χ3n) is 3.38. The molecule has 0 saturated heterocycles. The Morgan fingerprint density at radius 1 is 1.00 bits per heavy atom. The van der Waals surface area contributed by atoms with Gasteiger partial charge in [-0.1, -0.05) is 72.7 Å². The molecule has 0 aliphatic carbocycles. The van der Waals surface area contributed by atoms with Crippen LogP contribution in [0.2, 0.25) is 0 Å². The second-order valence-corrected chi connectivity index (χ2v) is 7.59. The van der Waals surface area contributed by atoms with Crippen molar-refractivity contribution in [3.63, 3.8) is 0 Å². The lowest BCUT2D eigenvalue weighted by Gasteiger charge is -2.19. The van der Waals surface area contributed by atoms with Gasteiger partial charge in [-0.2, -0.15) is 0 Å². The van der Waals surface area contributed by atoms with Gasteiger partial charge in [0.1, 0.15) is 14.3 Å². The highest BCUT2D eigenvalue weighted by Gasteiger charge is 2.28. The van der Waals surface area contributed by atoms with Gasteiger partial charge in [-0.3, -0.25) is 0 Å². The van der Waals surface area contributed by atoms with Crippen molar-refractivity contribution in [2.24, 2.45) is 5.16 Å². The molecule has 0 aromatic heterocycles. The molecular weight excluding hydrogens is 281 g/mol. The fourth-order valence-corrected chi connectivity index (χ4v) is 5.03. The Morgan fingerprint density at radius 3 is 1.86 bits per heavy atom. The predicted molar refractivity (Wildman–Crippen MR) is 89.4 cm³/mol. The smallest absolute Gasteiger partial charge is 0.148 e. The Morgan fingerprint density at radius 2 is 1.48 bits per heavy atom. The van der Waals surface area contributed by atoms with Crippen LogP contribution in [0.25, 0.3) is 0 Å². The lowest BCUT2D eigenvalue weighted by atomic mass is 10.3. The van der Waals surface area contributed by atoms with E-state index in [1.807, 2.05) is 67.6 Å². The lowest BCUT2D eigenvalue weighted by Crippen LogP contribution is -2.22. The maximum atomic E-state index is 13.7. The Labute approximate surface area is 126 Å². The van der Waals surface area contributed by atoms with Crippen molar-refractivity contribution >= 4 is 23.5 Å². The van der Waals surface area contributed by atoms with Crippen LogP contribution in [-0.2, 0) is 9.40 Å². The zero-order chi connectivity index (χ0) is 15.1. The average Bonchev–Trinajstić information content (AvgIpc) is 2.56. The van der Waals surface area contributed by atoms with E-state index in [4.69, 9.17) is 4.84 Å². The van der Waals surface area contributed by atoms with Crippen LogP contribution >= 0.6 is 7.14 Å². The monoisotopic (exact) mass is 301 g/mol. The highest BCUT2D eigenvalue weighted by Crippen LogP contribution is 2.43. The first kappa shape index (κ1) is 15.5. The average molecular weight is 301 g/mol. The molecular formula is C17H20NO2P. The molecule has 0 spiro atoms. The van der Waals surface area contributed by atoms with Gasteiger partial charge in [0.2, 0.25) is 0 Å². The Balaban J connectivity index is 2.50. The van der Waals surface area contributed by atoms with Gasteiger partial charge in [-0.05, 0) is 6.42 Å². The molecule has 110 valence electrons. The number of hydrogen-bond donors (Lipinski definition) is 0. The molecule has 0 atom stereocenters. The van der Waals surface area contributed by atoms with Crippen molar-refractivity contribution in [2.75, 3.05) is 13.3 Å². The summed E-state index contributed by atoms with van der Waals surface area (Å²) < 4.78 is 13.7. The first-order chi connectivity index (χ1) is 10.2. The fraction of sp³-hybridized carbons (Fsp3) is 0.235. The lowest BCUT2D eigenvalue weighted by molar-refractivity contribution is 0.212. The van der Waals surface area contributed by atoms with E-state index in [0.29, 0.717) is 6.16 Å². The molecule has 2 rings (SSSR count). The molecule has 0 bridgehead atoms. The van der Waals surface area contributed by atoms with Crippen molar-refractivity contribution in [1.82, 2.24) is 0 Å². The van der Waals surface area contributed by atoms with E-state index in [-0.39, 0.29) is 0 Å². The topological polar surface area (TPSA) is 38.7 Å². The molecule has 0 saturated carbocycles. The second kappa shape index (κ2) is 7.24. The van der Waals surface area contributed by atoms with Crippen molar-refractivity contribution < 1.29 is 9.40 Å². The van der Waals surface area contributed by atoms with Gasteiger partial charge in [0.15, 0.2) is 0 Å². The van der Waals surface area contributed by atoms with E-state index >= 15 is 0 Å². The molecule has 0 heterocycles. The van der Waals surface area contributed by atoms with Gasteiger partial charge in [0.25, 0.3) is 0 Å². The molecule has 2 aromatic carbocycles. The number of nitrogens with zero attached hydrogens (tertiary/aromatic N) is 1. The Bertz CT molecular complexity index is 595. The van der Waals surface area contributed by atoms with Gasteiger partial charge in [-0.15, -0.1) is 0 Å². The van der Waals surface area contributed by atoms with Crippen LogP contribution < -0.4 is 10.6 Å². The molecule has 3 nitrogen and oxygen atoms in total. The third kappa shape index (κ3) is 3.62.